The number of furan rings is 1. The Labute approximate surface area is 231 Å². The quantitative estimate of drug-likeness (QED) is 0.364. The fraction of sp³-hybridized carbons (Fsp3) is 0.438. The van der Waals surface area contributed by atoms with Crippen molar-refractivity contribution in [2.24, 2.45) is 0 Å². The zero-order chi connectivity index (χ0) is 27.2. The van der Waals surface area contributed by atoms with Gasteiger partial charge in [-0.05, 0) is 72.7 Å². The molecule has 1 aromatic heterocycles. The number of amides is 2. The highest BCUT2D eigenvalue weighted by atomic mass is 16.5. The Hall–Kier alpha value is -3.58. The lowest BCUT2D eigenvalue weighted by Gasteiger charge is -2.33. The Morgan fingerprint density at radius 1 is 0.974 bits per heavy atom. The van der Waals surface area contributed by atoms with Gasteiger partial charge in [-0.2, -0.15) is 0 Å². The number of hydrogen-bond donors (Lipinski definition) is 1. The van der Waals surface area contributed by atoms with Crippen LogP contribution >= 0.6 is 0 Å². The third-order valence-corrected chi connectivity index (χ3v) is 8.10. The average Bonchev–Trinajstić information content (AvgIpc) is 3.71. The zero-order valence-electron chi connectivity index (χ0n) is 23.0. The Balaban J connectivity index is 1.54. The molecule has 2 heterocycles. The molecule has 7 nitrogen and oxygen atoms in total. The standard InChI is InChI=1S/C32H39N3O4/c1-3-23(2)24-10-16-28(17-11-24)35(32(37)29-9-6-20-39-29)30(31(36)33-26-7-4-5-8-26)25-12-14-27(15-13-25)34-18-21-38-22-19-34/h6,9-17,20,23,26,30H,3-5,7-8,18-19,21-22H2,1-2H3,(H,33,36)/t23-,30-/m0/s1. The van der Waals surface area contributed by atoms with E-state index >= 15 is 0 Å². The normalized spacial score (nSPS) is 17.5. The van der Waals surface area contributed by atoms with Crippen molar-refractivity contribution in [1.82, 2.24) is 5.32 Å². The van der Waals surface area contributed by atoms with E-state index in [1.165, 1.54) is 11.8 Å². The molecule has 5 rings (SSSR count). The molecule has 0 bridgehead atoms. The second-order valence-corrected chi connectivity index (χ2v) is 10.6. The monoisotopic (exact) mass is 529 g/mol. The molecule has 1 aliphatic carbocycles. The molecule has 206 valence electrons. The number of ether oxygens (including phenoxy) is 1. The van der Waals surface area contributed by atoms with Crippen LogP contribution in [0.3, 0.4) is 0 Å². The lowest BCUT2D eigenvalue weighted by atomic mass is 9.97. The summed E-state index contributed by atoms with van der Waals surface area (Å²) in [4.78, 5) is 31.9. The smallest absolute Gasteiger partial charge is 0.294 e. The molecule has 2 aliphatic rings. The van der Waals surface area contributed by atoms with Crippen LogP contribution in [0.15, 0.2) is 71.3 Å². The van der Waals surface area contributed by atoms with Crippen LogP contribution in [-0.2, 0) is 9.53 Å². The topological polar surface area (TPSA) is 75.0 Å². The van der Waals surface area contributed by atoms with Crippen LogP contribution in [0.2, 0.25) is 0 Å². The van der Waals surface area contributed by atoms with E-state index in [9.17, 15) is 9.59 Å². The Morgan fingerprint density at radius 2 is 1.64 bits per heavy atom. The first-order valence-electron chi connectivity index (χ1n) is 14.2. The van der Waals surface area contributed by atoms with Crippen LogP contribution in [0, 0.1) is 0 Å². The molecule has 1 saturated carbocycles. The highest BCUT2D eigenvalue weighted by Crippen LogP contribution is 2.33. The summed E-state index contributed by atoms with van der Waals surface area (Å²) in [6.07, 6.45) is 6.65. The number of nitrogens with zero attached hydrogens (tertiary/aromatic N) is 2. The maximum Gasteiger partial charge on any atom is 0.294 e. The second kappa shape index (κ2) is 12.5. The minimum atomic E-state index is -0.851. The van der Waals surface area contributed by atoms with E-state index in [-0.39, 0.29) is 23.6 Å². The van der Waals surface area contributed by atoms with Gasteiger partial charge in [0.05, 0.1) is 19.5 Å². The van der Waals surface area contributed by atoms with Crippen molar-refractivity contribution in [3.8, 4) is 0 Å². The number of morpholine rings is 1. The molecule has 39 heavy (non-hydrogen) atoms. The van der Waals surface area contributed by atoms with Crippen LogP contribution in [-0.4, -0.2) is 44.2 Å². The fourth-order valence-corrected chi connectivity index (χ4v) is 5.56. The van der Waals surface area contributed by atoms with E-state index in [0.717, 1.165) is 56.4 Å². The van der Waals surface area contributed by atoms with Crippen molar-refractivity contribution in [2.45, 2.75) is 64.0 Å². The van der Waals surface area contributed by atoms with Gasteiger partial charge < -0.3 is 19.4 Å². The van der Waals surface area contributed by atoms with Gasteiger partial charge in [0.2, 0.25) is 5.91 Å². The summed E-state index contributed by atoms with van der Waals surface area (Å²) >= 11 is 0. The first-order valence-corrected chi connectivity index (χ1v) is 14.2. The van der Waals surface area contributed by atoms with Gasteiger partial charge in [0.15, 0.2) is 5.76 Å². The van der Waals surface area contributed by atoms with E-state index in [1.807, 2.05) is 36.4 Å². The van der Waals surface area contributed by atoms with Crippen molar-refractivity contribution >= 4 is 23.2 Å². The molecule has 1 saturated heterocycles. The van der Waals surface area contributed by atoms with Crippen LogP contribution in [0.25, 0.3) is 0 Å². The summed E-state index contributed by atoms with van der Waals surface area (Å²) in [7, 11) is 0. The summed E-state index contributed by atoms with van der Waals surface area (Å²) < 4.78 is 11.0. The predicted octanol–water partition coefficient (Wildman–Crippen LogP) is 6.08. The SMILES string of the molecule is CC[C@H](C)c1ccc(N(C(=O)c2ccco2)[C@H](C(=O)NC2CCCC2)c2ccc(N3CCOCC3)cc2)cc1. The van der Waals surface area contributed by atoms with Crippen LogP contribution in [0.4, 0.5) is 11.4 Å². The molecule has 1 N–H and O–H groups in total. The van der Waals surface area contributed by atoms with Gasteiger partial charge >= 0.3 is 0 Å². The van der Waals surface area contributed by atoms with E-state index in [4.69, 9.17) is 9.15 Å². The van der Waals surface area contributed by atoms with Gasteiger partial charge in [-0.25, -0.2) is 0 Å². The first kappa shape index (κ1) is 27.0. The summed E-state index contributed by atoms with van der Waals surface area (Å²) in [5.74, 6) is 0.0825. The molecule has 3 aromatic rings. The van der Waals surface area contributed by atoms with Crippen molar-refractivity contribution < 1.29 is 18.7 Å². The summed E-state index contributed by atoms with van der Waals surface area (Å²) in [5.41, 5.74) is 3.70. The second-order valence-electron chi connectivity index (χ2n) is 10.6. The zero-order valence-corrected chi connectivity index (χ0v) is 23.0. The largest absolute Gasteiger partial charge is 0.459 e. The maximum absolute atomic E-state index is 14.0. The lowest BCUT2D eigenvalue weighted by Crippen LogP contribution is -2.46. The lowest BCUT2D eigenvalue weighted by molar-refractivity contribution is -0.123. The predicted molar refractivity (Wildman–Crippen MR) is 153 cm³/mol. The van der Waals surface area contributed by atoms with E-state index in [1.54, 1.807) is 17.0 Å². The van der Waals surface area contributed by atoms with Crippen molar-refractivity contribution in [3.63, 3.8) is 0 Å². The molecule has 0 unspecified atom stereocenters. The van der Waals surface area contributed by atoms with Crippen molar-refractivity contribution in [1.29, 1.82) is 0 Å². The molecule has 2 atom stereocenters. The Morgan fingerprint density at radius 3 is 2.26 bits per heavy atom. The Kier molecular flexibility index (Phi) is 8.67. The number of hydrogen-bond acceptors (Lipinski definition) is 5. The van der Waals surface area contributed by atoms with Crippen molar-refractivity contribution in [2.75, 3.05) is 36.1 Å². The van der Waals surface area contributed by atoms with E-state index in [0.29, 0.717) is 24.8 Å². The van der Waals surface area contributed by atoms with Gasteiger partial charge in [-0.15, -0.1) is 0 Å². The van der Waals surface area contributed by atoms with Crippen LogP contribution < -0.4 is 15.1 Å². The van der Waals surface area contributed by atoms with E-state index < -0.39 is 6.04 Å². The number of nitrogens with one attached hydrogen (secondary N) is 1. The minimum absolute atomic E-state index is 0.126. The molecule has 2 fully saturated rings. The number of carbonyl (C=O) groups excluding carboxylic acids is 2. The van der Waals surface area contributed by atoms with Gasteiger partial charge in [-0.1, -0.05) is 51.0 Å². The van der Waals surface area contributed by atoms with Gasteiger partial charge in [0.1, 0.15) is 6.04 Å². The van der Waals surface area contributed by atoms with Crippen LogP contribution in [0.1, 0.15) is 79.6 Å². The van der Waals surface area contributed by atoms with Gasteiger partial charge in [-0.3, -0.25) is 14.5 Å². The first-order chi connectivity index (χ1) is 19.0. The summed E-state index contributed by atoms with van der Waals surface area (Å²) in [6, 6.07) is 18.6. The molecular formula is C32H39N3O4. The third kappa shape index (κ3) is 6.19. The molecule has 1 aliphatic heterocycles. The van der Waals surface area contributed by atoms with E-state index in [2.05, 4.69) is 36.2 Å². The molecule has 7 heteroatoms. The number of benzene rings is 2. The third-order valence-electron chi connectivity index (χ3n) is 8.10. The average molecular weight is 530 g/mol. The molecular weight excluding hydrogens is 490 g/mol. The molecule has 2 amide bonds. The fourth-order valence-electron chi connectivity index (χ4n) is 5.56. The van der Waals surface area contributed by atoms with Gasteiger partial charge in [0.25, 0.3) is 5.91 Å². The number of carbonyl (C=O) groups is 2. The summed E-state index contributed by atoms with van der Waals surface area (Å²) in [6.45, 7) is 7.41. The molecule has 0 radical (unpaired) electrons. The van der Waals surface area contributed by atoms with Gasteiger partial charge in [0, 0.05) is 30.5 Å². The van der Waals surface area contributed by atoms with Crippen molar-refractivity contribution in [3.05, 3.63) is 83.8 Å². The molecule has 2 aromatic carbocycles. The number of rotatable bonds is 9. The maximum atomic E-state index is 14.0. The van der Waals surface area contributed by atoms with Crippen LogP contribution in [0.5, 0.6) is 0 Å². The molecule has 0 spiro atoms. The highest BCUT2D eigenvalue weighted by Gasteiger charge is 2.36. The summed E-state index contributed by atoms with van der Waals surface area (Å²) in [5, 5.41) is 3.25. The Bertz CT molecular complexity index is 1210. The highest BCUT2D eigenvalue weighted by molar-refractivity contribution is 6.08. The number of anilines is 2. The minimum Gasteiger partial charge on any atom is -0.459 e.